The number of aromatic nitrogens is 4. The Morgan fingerprint density at radius 2 is 2.21 bits per heavy atom. The van der Waals surface area contributed by atoms with E-state index in [1.807, 2.05) is 12.3 Å². The molecule has 6 heteroatoms. The van der Waals surface area contributed by atoms with Gasteiger partial charge < -0.3 is 10.1 Å². The van der Waals surface area contributed by atoms with Crippen LogP contribution in [0.5, 0.6) is 5.88 Å². The predicted molar refractivity (Wildman–Crippen MR) is 70.2 cm³/mol. The summed E-state index contributed by atoms with van der Waals surface area (Å²) < 4.78 is 7.41. The van der Waals surface area contributed by atoms with Gasteiger partial charge in [0.1, 0.15) is 0 Å². The fraction of sp³-hybridized carbons (Fsp3) is 0.462. The fourth-order valence-electron chi connectivity index (χ4n) is 2.17. The Labute approximate surface area is 111 Å². The van der Waals surface area contributed by atoms with Crippen LogP contribution in [0.2, 0.25) is 0 Å². The maximum Gasteiger partial charge on any atom is 0.234 e. The first kappa shape index (κ1) is 12.1. The van der Waals surface area contributed by atoms with Crippen molar-refractivity contribution in [2.75, 3.05) is 19.7 Å². The van der Waals surface area contributed by atoms with Gasteiger partial charge in [0.25, 0.3) is 0 Å². The molecule has 0 bridgehead atoms. The molecular formula is C13H17N5O. The number of nitrogens with zero attached hydrogens (tertiary/aromatic N) is 4. The molecule has 100 valence electrons. The first-order valence-electron chi connectivity index (χ1n) is 6.57. The van der Waals surface area contributed by atoms with E-state index in [1.165, 1.54) is 0 Å². The van der Waals surface area contributed by atoms with Crippen molar-refractivity contribution >= 4 is 0 Å². The Hall–Kier alpha value is -1.95. The average Bonchev–Trinajstić information content (AvgIpc) is 3.01. The Bertz CT molecular complexity index is 508. The largest absolute Gasteiger partial charge is 0.476 e. The van der Waals surface area contributed by atoms with E-state index in [-0.39, 0.29) is 0 Å². The SMILES string of the molecule is c1cnn(-c2cncc(OCC3CCNCC3)n2)c1. The number of hydrogen-bond donors (Lipinski definition) is 1. The molecule has 0 aliphatic carbocycles. The van der Waals surface area contributed by atoms with E-state index in [2.05, 4.69) is 20.4 Å². The van der Waals surface area contributed by atoms with Gasteiger partial charge in [0.15, 0.2) is 5.82 Å². The molecule has 1 aliphatic rings. The minimum Gasteiger partial charge on any atom is -0.476 e. The van der Waals surface area contributed by atoms with Crippen molar-refractivity contribution in [2.24, 2.45) is 5.92 Å². The molecule has 1 aliphatic heterocycles. The Balaban J connectivity index is 1.63. The van der Waals surface area contributed by atoms with Crippen molar-refractivity contribution in [2.45, 2.75) is 12.8 Å². The summed E-state index contributed by atoms with van der Waals surface area (Å²) in [5, 5.41) is 7.47. The van der Waals surface area contributed by atoms with Gasteiger partial charge in [-0.05, 0) is 37.9 Å². The highest BCUT2D eigenvalue weighted by molar-refractivity contribution is 5.20. The quantitative estimate of drug-likeness (QED) is 0.888. The number of nitrogens with one attached hydrogen (secondary N) is 1. The zero-order valence-corrected chi connectivity index (χ0v) is 10.7. The lowest BCUT2D eigenvalue weighted by atomic mass is 9.99. The second-order valence-corrected chi connectivity index (χ2v) is 4.67. The van der Waals surface area contributed by atoms with Gasteiger partial charge in [0.05, 0.1) is 19.0 Å². The van der Waals surface area contributed by atoms with Crippen molar-refractivity contribution in [3.8, 4) is 11.7 Å². The number of ether oxygens (including phenoxy) is 1. The second-order valence-electron chi connectivity index (χ2n) is 4.67. The molecule has 19 heavy (non-hydrogen) atoms. The van der Waals surface area contributed by atoms with E-state index in [9.17, 15) is 0 Å². The van der Waals surface area contributed by atoms with Gasteiger partial charge in [0.2, 0.25) is 5.88 Å². The van der Waals surface area contributed by atoms with Crippen LogP contribution in [0.25, 0.3) is 5.82 Å². The van der Waals surface area contributed by atoms with E-state index in [0.717, 1.165) is 25.9 Å². The molecule has 0 radical (unpaired) electrons. The Morgan fingerprint density at radius 3 is 3.00 bits per heavy atom. The van der Waals surface area contributed by atoms with Crippen LogP contribution in [0.3, 0.4) is 0 Å². The molecule has 1 N–H and O–H groups in total. The molecular weight excluding hydrogens is 242 g/mol. The fourth-order valence-corrected chi connectivity index (χ4v) is 2.17. The number of piperidine rings is 1. The minimum absolute atomic E-state index is 0.562. The molecule has 1 fully saturated rings. The van der Waals surface area contributed by atoms with E-state index in [0.29, 0.717) is 24.2 Å². The van der Waals surface area contributed by atoms with E-state index in [4.69, 9.17) is 4.74 Å². The maximum absolute atomic E-state index is 5.74. The predicted octanol–water partition coefficient (Wildman–Crippen LogP) is 1.04. The van der Waals surface area contributed by atoms with Crippen LogP contribution < -0.4 is 10.1 Å². The topological polar surface area (TPSA) is 64.9 Å². The summed E-state index contributed by atoms with van der Waals surface area (Å²) in [5.74, 6) is 1.84. The van der Waals surface area contributed by atoms with Gasteiger partial charge in [-0.3, -0.25) is 4.98 Å². The number of hydrogen-bond acceptors (Lipinski definition) is 5. The lowest BCUT2D eigenvalue weighted by molar-refractivity contribution is 0.208. The molecule has 0 spiro atoms. The first-order chi connectivity index (χ1) is 9.42. The summed E-state index contributed by atoms with van der Waals surface area (Å²) >= 11 is 0. The van der Waals surface area contributed by atoms with E-state index in [1.54, 1.807) is 23.3 Å². The molecule has 0 saturated carbocycles. The lowest BCUT2D eigenvalue weighted by Crippen LogP contribution is -2.30. The van der Waals surface area contributed by atoms with Crippen LogP contribution in [0.1, 0.15) is 12.8 Å². The minimum atomic E-state index is 0.562. The summed E-state index contributed by atoms with van der Waals surface area (Å²) in [6.45, 7) is 2.86. The molecule has 0 unspecified atom stereocenters. The zero-order chi connectivity index (χ0) is 12.9. The summed E-state index contributed by atoms with van der Waals surface area (Å²) in [5.41, 5.74) is 0. The summed E-state index contributed by atoms with van der Waals surface area (Å²) in [6.07, 6.45) is 9.18. The summed E-state index contributed by atoms with van der Waals surface area (Å²) in [4.78, 5) is 8.54. The summed E-state index contributed by atoms with van der Waals surface area (Å²) in [6, 6.07) is 1.85. The van der Waals surface area contributed by atoms with Gasteiger partial charge in [-0.25, -0.2) is 4.68 Å². The van der Waals surface area contributed by atoms with E-state index >= 15 is 0 Å². The first-order valence-corrected chi connectivity index (χ1v) is 6.57. The third-order valence-corrected chi connectivity index (χ3v) is 3.26. The third-order valence-electron chi connectivity index (χ3n) is 3.26. The van der Waals surface area contributed by atoms with Crippen molar-refractivity contribution in [3.05, 3.63) is 30.9 Å². The highest BCUT2D eigenvalue weighted by Crippen LogP contribution is 2.14. The van der Waals surface area contributed by atoms with E-state index < -0.39 is 0 Å². The third kappa shape index (κ3) is 3.08. The standard InChI is InChI=1S/C13H17N5O/c1-4-16-18(7-1)12-8-15-9-13(17-12)19-10-11-2-5-14-6-3-11/h1,4,7-9,11,14H,2-3,5-6,10H2. The molecule has 6 nitrogen and oxygen atoms in total. The van der Waals surface area contributed by atoms with Crippen LogP contribution in [0.4, 0.5) is 0 Å². The molecule has 0 aromatic carbocycles. The molecule has 3 heterocycles. The number of rotatable bonds is 4. The molecule has 0 amide bonds. The Kier molecular flexibility index (Phi) is 3.69. The monoisotopic (exact) mass is 259 g/mol. The highest BCUT2D eigenvalue weighted by Gasteiger charge is 2.14. The normalized spacial score (nSPS) is 16.4. The van der Waals surface area contributed by atoms with Crippen molar-refractivity contribution in [1.82, 2.24) is 25.1 Å². The van der Waals surface area contributed by atoms with Gasteiger partial charge >= 0.3 is 0 Å². The van der Waals surface area contributed by atoms with Crippen molar-refractivity contribution in [1.29, 1.82) is 0 Å². The second kappa shape index (κ2) is 5.79. The van der Waals surface area contributed by atoms with Crippen LogP contribution >= 0.6 is 0 Å². The van der Waals surface area contributed by atoms with Crippen LogP contribution in [-0.2, 0) is 0 Å². The summed E-state index contributed by atoms with van der Waals surface area (Å²) in [7, 11) is 0. The molecule has 3 rings (SSSR count). The highest BCUT2D eigenvalue weighted by atomic mass is 16.5. The van der Waals surface area contributed by atoms with Crippen molar-refractivity contribution in [3.63, 3.8) is 0 Å². The average molecular weight is 259 g/mol. The zero-order valence-electron chi connectivity index (χ0n) is 10.7. The van der Waals surface area contributed by atoms with Gasteiger partial charge in [0, 0.05) is 12.4 Å². The molecule has 2 aromatic rings. The van der Waals surface area contributed by atoms with Gasteiger partial charge in [-0.2, -0.15) is 10.1 Å². The molecule has 0 atom stereocenters. The van der Waals surface area contributed by atoms with Crippen LogP contribution in [0.15, 0.2) is 30.9 Å². The maximum atomic E-state index is 5.74. The van der Waals surface area contributed by atoms with Crippen molar-refractivity contribution < 1.29 is 4.74 Å². The molecule has 1 saturated heterocycles. The van der Waals surface area contributed by atoms with Gasteiger partial charge in [-0.15, -0.1) is 0 Å². The smallest absolute Gasteiger partial charge is 0.234 e. The lowest BCUT2D eigenvalue weighted by Gasteiger charge is -2.22. The van der Waals surface area contributed by atoms with Crippen LogP contribution in [-0.4, -0.2) is 39.4 Å². The van der Waals surface area contributed by atoms with Gasteiger partial charge in [-0.1, -0.05) is 0 Å². The Morgan fingerprint density at radius 1 is 1.32 bits per heavy atom. The molecule has 2 aromatic heterocycles. The van der Waals surface area contributed by atoms with Crippen LogP contribution in [0, 0.1) is 5.92 Å².